The minimum Gasteiger partial charge on any atom is -0.404 e. The fraction of sp³-hybridized carbons (Fsp3) is 0.400. The minimum atomic E-state index is -3.82. The van der Waals surface area contributed by atoms with Gasteiger partial charge < -0.3 is 9.05 Å². The number of halogens is 1. The molecule has 2 aromatic carbocycles. The predicted molar refractivity (Wildman–Crippen MR) is 105 cm³/mol. The molecule has 2 aromatic rings. The monoisotopic (exact) mass is 380 g/mol. The highest BCUT2D eigenvalue weighted by atomic mass is 35.7. The number of benzene rings is 2. The van der Waals surface area contributed by atoms with Crippen molar-refractivity contribution in [3.05, 3.63) is 58.7 Å². The van der Waals surface area contributed by atoms with Crippen LogP contribution in [0.4, 0.5) is 0 Å². The van der Waals surface area contributed by atoms with Crippen LogP contribution in [0.25, 0.3) is 0 Å². The van der Waals surface area contributed by atoms with Crippen LogP contribution in [0.2, 0.25) is 0 Å². The van der Waals surface area contributed by atoms with Crippen molar-refractivity contribution < 1.29 is 13.6 Å². The van der Waals surface area contributed by atoms with Crippen LogP contribution in [0.1, 0.15) is 49.9 Å². The Morgan fingerprint density at radius 3 is 1.24 bits per heavy atom. The molecule has 0 aliphatic rings. The molecule has 0 aliphatic carbocycles. The molecule has 0 fully saturated rings. The van der Waals surface area contributed by atoms with Crippen LogP contribution in [0.3, 0.4) is 0 Å². The molecule has 3 nitrogen and oxygen atoms in total. The van der Waals surface area contributed by atoms with E-state index in [1.54, 1.807) is 0 Å². The molecular formula is C20H26ClO3P. The van der Waals surface area contributed by atoms with Crippen LogP contribution >= 0.6 is 18.2 Å². The molecule has 5 heteroatoms. The van der Waals surface area contributed by atoms with Crippen molar-refractivity contribution in [3.8, 4) is 11.5 Å². The zero-order chi connectivity index (χ0) is 18.4. The van der Waals surface area contributed by atoms with Crippen molar-refractivity contribution in [1.82, 2.24) is 0 Å². The zero-order valence-corrected chi connectivity index (χ0v) is 17.0. The van der Waals surface area contributed by atoms with Gasteiger partial charge in [0.05, 0.1) is 0 Å². The number of rotatable bonds is 8. The Bertz CT molecular complexity index is 668. The molecule has 0 aromatic heterocycles. The van der Waals surface area contributed by atoms with Crippen molar-refractivity contribution in [1.29, 1.82) is 0 Å². The Morgan fingerprint density at radius 1 is 0.720 bits per heavy atom. The molecule has 25 heavy (non-hydrogen) atoms. The molecule has 0 bridgehead atoms. The normalized spacial score (nSPS) is 11.4. The summed E-state index contributed by atoms with van der Waals surface area (Å²) in [4.78, 5) is 0. The van der Waals surface area contributed by atoms with Gasteiger partial charge in [-0.1, -0.05) is 64.1 Å². The summed E-state index contributed by atoms with van der Waals surface area (Å²) in [5, 5.41) is 0. The molecule has 0 radical (unpaired) electrons. The molecule has 0 aliphatic heterocycles. The van der Waals surface area contributed by atoms with E-state index >= 15 is 0 Å². The van der Waals surface area contributed by atoms with Crippen molar-refractivity contribution in [2.75, 3.05) is 0 Å². The summed E-state index contributed by atoms with van der Waals surface area (Å²) in [6.45, 7) is 4.30. The maximum absolute atomic E-state index is 12.9. The highest BCUT2D eigenvalue weighted by Crippen LogP contribution is 2.55. The average molecular weight is 381 g/mol. The second-order valence-corrected chi connectivity index (χ2v) is 8.31. The fourth-order valence-corrected chi connectivity index (χ4v) is 4.22. The van der Waals surface area contributed by atoms with Gasteiger partial charge in [-0.3, -0.25) is 0 Å². The number of hydrogen-bond donors (Lipinski definition) is 0. The van der Waals surface area contributed by atoms with Crippen molar-refractivity contribution in [2.24, 2.45) is 0 Å². The van der Waals surface area contributed by atoms with Gasteiger partial charge in [-0.15, -0.1) is 0 Å². The van der Waals surface area contributed by atoms with Gasteiger partial charge in [-0.25, -0.2) is 4.57 Å². The molecule has 0 saturated carbocycles. The van der Waals surface area contributed by atoms with E-state index in [2.05, 4.69) is 0 Å². The van der Waals surface area contributed by atoms with Crippen LogP contribution in [-0.2, 0) is 30.2 Å². The highest BCUT2D eigenvalue weighted by molar-refractivity contribution is 7.82. The first-order valence-corrected chi connectivity index (χ1v) is 11.3. The van der Waals surface area contributed by atoms with E-state index in [1.165, 1.54) is 0 Å². The summed E-state index contributed by atoms with van der Waals surface area (Å²) in [5.74, 6) is 1.16. The number of aryl methyl sites for hydroxylation is 4. The minimum absolute atomic E-state index is 0.581. The summed E-state index contributed by atoms with van der Waals surface area (Å²) in [7, 11) is 0. The molecule has 2 rings (SSSR count). The highest BCUT2D eigenvalue weighted by Gasteiger charge is 2.29. The lowest BCUT2D eigenvalue weighted by Crippen LogP contribution is -2.03. The quantitative estimate of drug-likeness (QED) is 0.475. The second kappa shape index (κ2) is 8.78. The van der Waals surface area contributed by atoms with E-state index in [0.717, 1.165) is 47.9 Å². The Balaban J connectivity index is 2.38. The maximum atomic E-state index is 12.9. The smallest absolute Gasteiger partial charge is 0.404 e. The van der Waals surface area contributed by atoms with Crippen molar-refractivity contribution in [2.45, 2.75) is 53.4 Å². The van der Waals surface area contributed by atoms with Gasteiger partial charge in [-0.2, -0.15) is 0 Å². The topological polar surface area (TPSA) is 35.5 Å². The lowest BCUT2D eigenvalue weighted by atomic mass is 10.1. The molecule has 0 amide bonds. The van der Waals surface area contributed by atoms with Crippen molar-refractivity contribution in [3.63, 3.8) is 0 Å². The number of hydrogen-bond acceptors (Lipinski definition) is 3. The zero-order valence-electron chi connectivity index (χ0n) is 15.3. The lowest BCUT2D eigenvalue weighted by Gasteiger charge is -2.21. The lowest BCUT2D eigenvalue weighted by molar-refractivity contribution is 0.399. The third-order valence-electron chi connectivity index (χ3n) is 4.28. The van der Waals surface area contributed by atoms with E-state index in [4.69, 9.17) is 20.3 Å². The molecule has 0 heterocycles. The molecular weight excluding hydrogens is 355 g/mol. The van der Waals surface area contributed by atoms with Gasteiger partial charge in [0, 0.05) is 11.2 Å². The molecule has 0 N–H and O–H groups in total. The average Bonchev–Trinajstić information content (AvgIpc) is 2.61. The van der Waals surface area contributed by atoms with Crippen molar-refractivity contribution >= 4 is 18.2 Å². The Labute approximate surface area is 155 Å². The Kier molecular flexibility index (Phi) is 6.98. The first-order chi connectivity index (χ1) is 12.0. The summed E-state index contributed by atoms with van der Waals surface area (Å²) < 4.78 is 24.4. The second-order valence-electron chi connectivity index (χ2n) is 5.84. The Hall–Kier alpha value is -1.44. The van der Waals surface area contributed by atoms with Crippen LogP contribution in [0.15, 0.2) is 36.4 Å². The van der Waals surface area contributed by atoms with E-state index in [1.807, 2.05) is 64.1 Å². The van der Waals surface area contributed by atoms with Crippen LogP contribution in [0, 0.1) is 0 Å². The van der Waals surface area contributed by atoms with Crippen LogP contribution in [-0.4, -0.2) is 0 Å². The van der Waals surface area contributed by atoms with Gasteiger partial charge in [0.25, 0.3) is 0 Å². The molecule has 136 valence electrons. The number of para-hydroxylation sites is 2. The van der Waals surface area contributed by atoms with Gasteiger partial charge >= 0.3 is 6.95 Å². The van der Waals surface area contributed by atoms with Gasteiger partial charge in [0.15, 0.2) is 0 Å². The first kappa shape index (κ1) is 19.9. The Morgan fingerprint density at radius 2 is 1.00 bits per heavy atom. The van der Waals surface area contributed by atoms with Crippen LogP contribution in [0.5, 0.6) is 11.5 Å². The largest absolute Gasteiger partial charge is 0.530 e. The van der Waals surface area contributed by atoms with Gasteiger partial charge in [-0.05, 0) is 47.9 Å². The van der Waals surface area contributed by atoms with Gasteiger partial charge in [0.2, 0.25) is 0 Å². The summed E-state index contributed by atoms with van der Waals surface area (Å²) in [5.41, 5.74) is 3.90. The summed E-state index contributed by atoms with van der Waals surface area (Å²) >= 11 is 6.23. The predicted octanol–water partition coefficient (Wildman–Crippen LogP) is 6.74. The SMILES string of the molecule is CCc1cccc(CC)c1OP(=O)(Cl)Oc1c(CC)cccc1CC. The first-order valence-electron chi connectivity index (χ1n) is 8.86. The fourth-order valence-electron chi connectivity index (χ4n) is 2.86. The molecule has 0 atom stereocenters. The van der Waals surface area contributed by atoms with E-state index in [-0.39, 0.29) is 0 Å². The van der Waals surface area contributed by atoms with E-state index < -0.39 is 6.95 Å². The standard InChI is InChI=1S/C20H26ClO3P/c1-5-15-11-9-12-16(6-2)19(15)23-25(21,22)24-20-17(7-3)13-10-14-18(20)8-4/h9-14H,5-8H2,1-4H3. The van der Waals surface area contributed by atoms with E-state index in [0.29, 0.717) is 11.5 Å². The van der Waals surface area contributed by atoms with Gasteiger partial charge in [0.1, 0.15) is 11.5 Å². The van der Waals surface area contributed by atoms with E-state index in [9.17, 15) is 4.57 Å². The molecule has 0 saturated heterocycles. The summed E-state index contributed by atoms with van der Waals surface area (Å²) in [6.07, 6.45) is 3.08. The third kappa shape index (κ3) is 4.80. The maximum Gasteiger partial charge on any atom is 0.530 e. The third-order valence-corrected chi connectivity index (χ3v) is 5.50. The summed E-state index contributed by atoms with van der Waals surface area (Å²) in [6, 6.07) is 11.8. The van der Waals surface area contributed by atoms with Crippen LogP contribution < -0.4 is 9.05 Å². The molecule has 0 unspecified atom stereocenters. The molecule has 0 spiro atoms.